The van der Waals surface area contributed by atoms with Gasteiger partial charge in [-0.25, -0.2) is 0 Å². The van der Waals surface area contributed by atoms with E-state index in [1.807, 2.05) is 13.8 Å². The van der Waals surface area contributed by atoms with Gasteiger partial charge < -0.3 is 4.90 Å². The molecule has 17 heavy (non-hydrogen) atoms. The average Bonchev–Trinajstić information content (AvgIpc) is 2.54. The number of para-hydroxylation sites is 1. The zero-order valence-electron chi connectivity index (χ0n) is 11.2. The van der Waals surface area contributed by atoms with Crippen molar-refractivity contribution >= 4 is 11.5 Å². The summed E-state index contributed by atoms with van der Waals surface area (Å²) in [5.41, 5.74) is 3.53. The van der Waals surface area contributed by atoms with E-state index < -0.39 is 0 Å². The Labute approximate surface area is 104 Å². The van der Waals surface area contributed by atoms with Gasteiger partial charge in [0.1, 0.15) is 0 Å². The first-order chi connectivity index (χ1) is 7.98. The Balaban J connectivity index is 2.51. The lowest BCUT2D eigenvalue weighted by molar-refractivity contribution is -0.120. The quantitative estimate of drug-likeness (QED) is 0.779. The van der Waals surface area contributed by atoms with E-state index in [-0.39, 0.29) is 5.54 Å². The van der Waals surface area contributed by atoms with Crippen LogP contribution in [0.1, 0.15) is 38.3 Å². The maximum Gasteiger partial charge on any atom is 0.159 e. The fourth-order valence-electron chi connectivity index (χ4n) is 2.73. The SMILES string of the molecule is CCc1cccc(C)c1N1CCC(=O)C1(C)C. The van der Waals surface area contributed by atoms with E-state index >= 15 is 0 Å². The highest BCUT2D eigenvalue weighted by molar-refractivity contribution is 5.95. The van der Waals surface area contributed by atoms with Crippen LogP contribution in [0.15, 0.2) is 18.2 Å². The van der Waals surface area contributed by atoms with Gasteiger partial charge in [0.25, 0.3) is 0 Å². The summed E-state index contributed by atoms with van der Waals surface area (Å²) in [5.74, 6) is 0.350. The number of rotatable bonds is 2. The molecule has 1 heterocycles. The third-order valence-corrected chi connectivity index (χ3v) is 3.89. The van der Waals surface area contributed by atoms with Gasteiger partial charge in [-0.1, -0.05) is 25.1 Å². The molecule has 1 fully saturated rings. The number of anilines is 1. The fraction of sp³-hybridized carbons (Fsp3) is 0.533. The van der Waals surface area contributed by atoms with E-state index in [0.29, 0.717) is 12.2 Å². The summed E-state index contributed by atoms with van der Waals surface area (Å²) >= 11 is 0. The molecule has 1 aliphatic heterocycles. The summed E-state index contributed by atoms with van der Waals surface area (Å²) in [7, 11) is 0. The Hall–Kier alpha value is -1.31. The summed E-state index contributed by atoms with van der Waals surface area (Å²) in [6.45, 7) is 9.22. The number of carbonyl (C=O) groups is 1. The van der Waals surface area contributed by atoms with Crippen molar-refractivity contribution in [3.63, 3.8) is 0 Å². The Morgan fingerprint density at radius 2 is 2.06 bits per heavy atom. The molecule has 0 aliphatic carbocycles. The number of aryl methyl sites for hydroxylation is 2. The van der Waals surface area contributed by atoms with Crippen LogP contribution in [0.2, 0.25) is 0 Å². The number of ketones is 1. The molecule has 0 N–H and O–H groups in total. The average molecular weight is 231 g/mol. The molecule has 2 heteroatoms. The Bertz CT molecular complexity index is 448. The van der Waals surface area contributed by atoms with Gasteiger partial charge in [-0.2, -0.15) is 0 Å². The molecule has 0 bridgehead atoms. The topological polar surface area (TPSA) is 20.3 Å². The molecule has 2 nitrogen and oxygen atoms in total. The highest BCUT2D eigenvalue weighted by atomic mass is 16.1. The second-order valence-electron chi connectivity index (χ2n) is 5.32. The fourth-order valence-corrected chi connectivity index (χ4v) is 2.73. The number of nitrogens with zero attached hydrogens (tertiary/aromatic N) is 1. The number of hydrogen-bond donors (Lipinski definition) is 0. The lowest BCUT2D eigenvalue weighted by atomic mass is 9.97. The van der Waals surface area contributed by atoms with Crippen LogP contribution in [0.3, 0.4) is 0 Å². The molecular formula is C15H21NO. The third kappa shape index (κ3) is 1.86. The van der Waals surface area contributed by atoms with Gasteiger partial charge in [-0.15, -0.1) is 0 Å². The molecule has 1 saturated heterocycles. The third-order valence-electron chi connectivity index (χ3n) is 3.89. The van der Waals surface area contributed by atoms with Crippen LogP contribution in [0.4, 0.5) is 5.69 Å². The predicted octanol–water partition coefficient (Wildman–Crippen LogP) is 3.12. The van der Waals surface area contributed by atoms with Crippen LogP contribution < -0.4 is 4.90 Å². The number of benzene rings is 1. The standard InChI is InChI=1S/C15H21NO/c1-5-12-8-6-7-11(2)14(12)16-10-9-13(17)15(16,3)4/h6-8H,5,9-10H2,1-4H3. The number of hydrogen-bond acceptors (Lipinski definition) is 2. The first-order valence-electron chi connectivity index (χ1n) is 6.38. The van der Waals surface area contributed by atoms with E-state index in [9.17, 15) is 4.79 Å². The summed E-state index contributed by atoms with van der Waals surface area (Å²) < 4.78 is 0. The van der Waals surface area contributed by atoms with E-state index in [0.717, 1.165) is 13.0 Å². The first-order valence-corrected chi connectivity index (χ1v) is 6.38. The molecular weight excluding hydrogens is 210 g/mol. The zero-order valence-corrected chi connectivity index (χ0v) is 11.2. The van der Waals surface area contributed by atoms with Crippen LogP contribution in [0.5, 0.6) is 0 Å². The minimum atomic E-state index is -0.351. The minimum Gasteiger partial charge on any atom is -0.358 e. The van der Waals surface area contributed by atoms with Gasteiger partial charge in [0, 0.05) is 18.7 Å². The smallest absolute Gasteiger partial charge is 0.159 e. The predicted molar refractivity (Wildman–Crippen MR) is 71.6 cm³/mol. The number of carbonyl (C=O) groups excluding carboxylic acids is 1. The van der Waals surface area contributed by atoms with Crippen molar-refractivity contribution in [2.24, 2.45) is 0 Å². The van der Waals surface area contributed by atoms with Crippen molar-refractivity contribution in [3.8, 4) is 0 Å². The molecule has 92 valence electrons. The molecule has 0 radical (unpaired) electrons. The van der Waals surface area contributed by atoms with Gasteiger partial charge in [-0.05, 0) is 38.3 Å². The number of Topliss-reactive ketones (excluding diaryl/α,β-unsaturated/α-hetero) is 1. The van der Waals surface area contributed by atoms with Crippen LogP contribution >= 0.6 is 0 Å². The molecule has 0 atom stereocenters. The largest absolute Gasteiger partial charge is 0.358 e. The lowest BCUT2D eigenvalue weighted by Gasteiger charge is -2.34. The van der Waals surface area contributed by atoms with Crippen molar-refractivity contribution in [1.82, 2.24) is 0 Å². The molecule has 0 aromatic heterocycles. The van der Waals surface area contributed by atoms with Crippen LogP contribution in [-0.4, -0.2) is 17.9 Å². The molecule has 1 aliphatic rings. The van der Waals surface area contributed by atoms with Crippen LogP contribution in [0.25, 0.3) is 0 Å². The summed E-state index contributed by atoms with van der Waals surface area (Å²) in [5, 5.41) is 0. The molecule has 0 amide bonds. The van der Waals surface area contributed by atoms with Gasteiger partial charge in [0.2, 0.25) is 0 Å². The highest BCUT2D eigenvalue weighted by Gasteiger charge is 2.41. The molecule has 1 aromatic rings. The van der Waals surface area contributed by atoms with Gasteiger partial charge in [0.15, 0.2) is 5.78 Å². The Morgan fingerprint density at radius 1 is 1.35 bits per heavy atom. The van der Waals surface area contributed by atoms with E-state index in [2.05, 4.69) is 36.9 Å². The van der Waals surface area contributed by atoms with Gasteiger partial charge >= 0.3 is 0 Å². The first kappa shape index (κ1) is 12.2. The van der Waals surface area contributed by atoms with Crippen LogP contribution in [-0.2, 0) is 11.2 Å². The normalized spacial score (nSPS) is 18.8. The van der Waals surface area contributed by atoms with Crippen LogP contribution in [0, 0.1) is 6.92 Å². The second-order valence-corrected chi connectivity index (χ2v) is 5.32. The summed E-state index contributed by atoms with van der Waals surface area (Å²) in [6, 6.07) is 6.40. The van der Waals surface area contributed by atoms with E-state index in [4.69, 9.17) is 0 Å². The molecule has 0 spiro atoms. The highest BCUT2D eigenvalue weighted by Crippen LogP contribution is 2.35. The van der Waals surface area contributed by atoms with Crippen molar-refractivity contribution in [3.05, 3.63) is 29.3 Å². The molecule has 1 aromatic carbocycles. The van der Waals surface area contributed by atoms with Crippen molar-refractivity contribution in [1.29, 1.82) is 0 Å². The zero-order chi connectivity index (χ0) is 12.6. The van der Waals surface area contributed by atoms with Crippen molar-refractivity contribution < 1.29 is 4.79 Å². The molecule has 0 unspecified atom stereocenters. The lowest BCUT2D eigenvalue weighted by Crippen LogP contribution is -2.43. The maximum absolute atomic E-state index is 11.9. The van der Waals surface area contributed by atoms with Gasteiger partial charge in [0.05, 0.1) is 5.54 Å². The summed E-state index contributed by atoms with van der Waals surface area (Å²) in [6.07, 6.45) is 1.68. The summed E-state index contributed by atoms with van der Waals surface area (Å²) in [4.78, 5) is 14.2. The van der Waals surface area contributed by atoms with E-state index in [1.54, 1.807) is 0 Å². The van der Waals surface area contributed by atoms with E-state index in [1.165, 1.54) is 16.8 Å². The minimum absolute atomic E-state index is 0.350. The van der Waals surface area contributed by atoms with Crippen molar-refractivity contribution in [2.45, 2.75) is 46.1 Å². The monoisotopic (exact) mass is 231 g/mol. The maximum atomic E-state index is 11.9. The molecule has 2 rings (SSSR count). The molecule has 0 saturated carbocycles. The Morgan fingerprint density at radius 3 is 2.59 bits per heavy atom. The Kier molecular flexibility index (Phi) is 2.98. The van der Waals surface area contributed by atoms with Crippen molar-refractivity contribution in [2.75, 3.05) is 11.4 Å². The van der Waals surface area contributed by atoms with Gasteiger partial charge in [-0.3, -0.25) is 4.79 Å². The second kappa shape index (κ2) is 4.17.